The molecule has 1 aliphatic rings. The van der Waals surface area contributed by atoms with Gasteiger partial charge in [-0.05, 0) is 46.2 Å². The first-order valence-corrected chi connectivity index (χ1v) is 9.94. The maximum atomic E-state index is 3.10. The summed E-state index contributed by atoms with van der Waals surface area (Å²) in [6.45, 7) is 2.34. The van der Waals surface area contributed by atoms with E-state index in [4.69, 9.17) is 0 Å². The Kier molecular flexibility index (Phi) is 16.2. The van der Waals surface area contributed by atoms with Gasteiger partial charge in [0.15, 0.2) is 0 Å². The molecule has 0 spiro atoms. The zero-order valence-electron chi connectivity index (χ0n) is 19.2. The summed E-state index contributed by atoms with van der Waals surface area (Å²) in [5.74, 6) is 0.443. The molecule has 0 aliphatic heterocycles. The van der Waals surface area contributed by atoms with Gasteiger partial charge in [0.05, 0.1) is 0 Å². The molecule has 144 valence electrons. The predicted molar refractivity (Wildman–Crippen MR) is 127 cm³/mol. The Balaban J connectivity index is 0.00000128. The van der Waals surface area contributed by atoms with Gasteiger partial charge in [-0.2, -0.15) is 71.8 Å². The van der Waals surface area contributed by atoms with Gasteiger partial charge in [-0.25, -0.2) is 0 Å². The normalized spacial score (nSPS) is 11.0. The van der Waals surface area contributed by atoms with Gasteiger partial charge in [0.2, 0.25) is 0 Å². The van der Waals surface area contributed by atoms with Gasteiger partial charge in [0.1, 0.15) is 0 Å². The standard InChI is InChI=1S/C28H22.2Rb.2Y/c1-20-27-18-23(16-21-8-4-2-5-9-21)12-14-25(27)26-15-13-24(19-28(20)26)17-22-10-6-3-7-11-22;;;;/h4-15,18-20H,16-17H2,1H3;;;;/q-2;;;;. The second-order valence-corrected chi connectivity index (χ2v) is 7.73. The van der Waals surface area contributed by atoms with Crippen LogP contribution in [0, 0.1) is 12.1 Å². The molecule has 4 aromatic rings. The summed E-state index contributed by atoms with van der Waals surface area (Å²) in [5, 5.41) is 0. The van der Waals surface area contributed by atoms with E-state index in [1.54, 1.807) is 0 Å². The van der Waals surface area contributed by atoms with Crippen LogP contribution in [0.4, 0.5) is 0 Å². The van der Waals surface area contributed by atoms with Crippen LogP contribution in [0.3, 0.4) is 0 Å². The van der Waals surface area contributed by atoms with Crippen LogP contribution in [-0.4, -0.2) is 116 Å². The molecule has 0 saturated heterocycles. The molecule has 4 heteroatoms. The van der Waals surface area contributed by atoms with Gasteiger partial charge in [-0.1, -0.05) is 43.3 Å². The van der Waals surface area contributed by atoms with Crippen molar-refractivity contribution >= 4 is 116 Å². The topological polar surface area (TPSA) is 0 Å². The summed E-state index contributed by atoms with van der Waals surface area (Å²) >= 11 is 0. The van der Waals surface area contributed by atoms with E-state index in [0.717, 1.165) is 12.8 Å². The van der Waals surface area contributed by atoms with Crippen molar-refractivity contribution < 1.29 is 65.4 Å². The zero-order valence-corrected chi connectivity index (χ0v) is 34.7. The molecule has 5 rings (SSSR count). The van der Waals surface area contributed by atoms with Crippen LogP contribution >= 0.6 is 0 Å². The summed E-state index contributed by atoms with van der Waals surface area (Å²) in [6.07, 6.45) is 1.95. The Morgan fingerprint density at radius 3 is 1.31 bits per heavy atom. The Bertz CT molecular complexity index is 1040. The second kappa shape index (κ2) is 15.8. The molecular weight excluding hydrogens is 685 g/mol. The maximum Gasteiger partial charge on any atom is 0.00735 e. The van der Waals surface area contributed by atoms with E-state index >= 15 is 0 Å². The third-order valence-corrected chi connectivity index (χ3v) is 5.85. The third-order valence-electron chi connectivity index (χ3n) is 5.85. The summed E-state index contributed by atoms with van der Waals surface area (Å²) < 4.78 is 0. The van der Waals surface area contributed by atoms with Crippen LogP contribution in [0.25, 0.3) is 11.1 Å². The van der Waals surface area contributed by atoms with Crippen molar-refractivity contribution in [3.05, 3.63) is 130 Å². The minimum Gasteiger partial charge on any atom is -0.184 e. The summed E-state index contributed by atoms with van der Waals surface area (Å²) in [4.78, 5) is 0. The van der Waals surface area contributed by atoms with Crippen LogP contribution in [0.5, 0.6) is 0 Å². The van der Waals surface area contributed by atoms with Crippen LogP contribution in [0.1, 0.15) is 46.2 Å². The quantitative estimate of drug-likeness (QED) is 0.235. The van der Waals surface area contributed by atoms with Crippen molar-refractivity contribution in [2.45, 2.75) is 25.7 Å². The van der Waals surface area contributed by atoms with E-state index in [1.807, 2.05) is 24.3 Å². The van der Waals surface area contributed by atoms with E-state index in [2.05, 4.69) is 79.7 Å². The summed E-state index contributed by atoms with van der Waals surface area (Å²) in [5.41, 5.74) is 11.1. The van der Waals surface area contributed by atoms with Crippen LogP contribution < -0.4 is 0 Å². The smallest absolute Gasteiger partial charge is 0.00735 e. The molecule has 0 aromatic heterocycles. The molecule has 0 bridgehead atoms. The molecule has 0 unspecified atom stereocenters. The van der Waals surface area contributed by atoms with E-state index in [9.17, 15) is 0 Å². The van der Waals surface area contributed by atoms with Crippen molar-refractivity contribution in [2.75, 3.05) is 0 Å². The van der Waals surface area contributed by atoms with Gasteiger partial charge < -0.3 is 0 Å². The minimum absolute atomic E-state index is 0. The fraction of sp³-hybridized carbons (Fsp3) is 0.143. The molecule has 0 saturated carbocycles. The van der Waals surface area contributed by atoms with Crippen LogP contribution in [-0.2, 0) is 78.3 Å². The van der Waals surface area contributed by atoms with Crippen LogP contribution in [0.2, 0.25) is 0 Å². The number of fused-ring (bicyclic) bond motifs is 3. The number of hydrogen-bond donors (Lipinski definition) is 0. The minimum atomic E-state index is 0. The molecule has 1 aliphatic carbocycles. The fourth-order valence-electron chi connectivity index (χ4n) is 4.37. The Morgan fingerprint density at radius 1 is 0.562 bits per heavy atom. The van der Waals surface area contributed by atoms with Crippen molar-refractivity contribution in [2.24, 2.45) is 0 Å². The molecule has 32 heavy (non-hydrogen) atoms. The number of rotatable bonds is 4. The van der Waals surface area contributed by atoms with E-state index in [-0.39, 0.29) is 182 Å². The molecule has 4 aromatic carbocycles. The van der Waals surface area contributed by atoms with Crippen molar-refractivity contribution in [1.29, 1.82) is 0 Å². The molecule has 0 atom stereocenters. The molecule has 0 amide bonds. The Morgan fingerprint density at radius 2 is 0.938 bits per heavy atom. The van der Waals surface area contributed by atoms with E-state index in [0.29, 0.717) is 5.92 Å². The van der Waals surface area contributed by atoms with E-state index in [1.165, 1.54) is 44.5 Å². The first-order chi connectivity index (χ1) is 13.8. The largest absolute Gasteiger partial charge is 0.184 e. The second-order valence-electron chi connectivity index (χ2n) is 7.73. The van der Waals surface area contributed by atoms with Gasteiger partial charge >= 0.3 is 0 Å². The average molecular weight is 707 g/mol. The molecule has 4 radical (unpaired) electrons. The fourth-order valence-corrected chi connectivity index (χ4v) is 4.37. The first-order valence-electron chi connectivity index (χ1n) is 9.94. The van der Waals surface area contributed by atoms with E-state index < -0.39 is 0 Å². The summed E-state index contributed by atoms with van der Waals surface area (Å²) in [7, 11) is 0. The van der Waals surface area contributed by atoms with Gasteiger partial charge in [-0.3, -0.25) is 0 Å². The molecule has 0 fully saturated rings. The third kappa shape index (κ3) is 7.85. The monoisotopic (exact) mass is 706 g/mol. The van der Waals surface area contributed by atoms with Gasteiger partial charge in [0.25, 0.3) is 0 Å². The van der Waals surface area contributed by atoms with Crippen molar-refractivity contribution in [3.63, 3.8) is 0 Å². The molecule has 0 nitrogen and oxygen atoms in total. The maximum absolute atomic E-state index is 3.10. The SMILES string of the molecule is CC1c2cc(Cc3cc[c-]cc3)ccc2-c2ccc(Cc3cc[c-]cc3)cc21.[Rb].[Rb].[Y].[Y]. The van der Waals surface area contributed by atoms with Gasteiger partial charge in [0, 0.05) is 188 Å². The first kappa shape index (κ1) is 32.7. The zero-order chi connectivity index (χ0) is 18.9. The molecule has 0 heterocycles. The molecular formula is C28H22Rb2Y2-2. The van der Waals surface area contributed by atoms with Crippen molar-refractivity contribution in [3.8, 4) is 11.1 Å². The predicted octanol–water partition coefficient (Wildman–Crippen LogP) is 5.83. The number of hydrogen-bond acceptors (Lipinski definition) is 0. The van der Waals surface area contributed by atoms with Crippen molar-refractivity contribution in [1.82, 2.24) is 0 Å². The summed E-state index contributed by atoms with van der Waals surface area (Å²) in [6, 6.07) is 36.8. The average Bonchev–Trinajstić information content (AvgIpc) is 3.01. The van der Waals surface area contributed by atoms with Crippen LogP contribution in [0.15, 0.2) is 84.9 Å². The Labute approximate surface area is 340 Å². The molecule has 0 N–H and O–H groups in total. The van der Waals surface area contributed by atoms with Gasteiger partial charge in [-0.15, -0.1) is 0 Å². The number of benzene rings is 4. The Hall–Kier alpha value is 2.70.